The van der Waals surface area contributed by atoms with E-state index in [4.69, 9.17) is 15.4 Å². The van der Waals surface area contributed by atoms with E-state index < -0.39 is 9.05 Å². The van der Waals surface area contributed by atoms with Crippen LogP contribution in [-0.2, 0) is 13.8 Å². The quantitative estimate of drug-likeness (QED) is 0.776. The highest BCUT2D eigenvalue weighted by Gasteiger charge is 2.35. The second kappa shape index (κ2) is 6.23. The second-order valence-electron chi connectivity index (χ2n) is 5.27. The van der Waals surface area contributed by atoms with Crippen molar-refractivity contribution >= 4 is 25.6 Å². The molecule has 5 nitrogen and oxygen atoms in total. The zero-order chi connectivity index (χ0) is 15.6. The molecule has 7 heteroatoms. The van der Waals surface area contributed by atoms with Crippen molar-refractivity contribution < 1.29 is 17.9 Å². The highest BCUT2D eigenvalue weighted by atomic mass is 35.7. The summed E-state index contributed by atoms with van der Waals surface area (Å²) in [7, 11) is 3.28. The van der Waals surface area contributed by atoms with Crippen molar-refractivity contribution in [2.24, 2.45) is 5.92 Å². The van der Waals surface area contributed by atoms with E-state index >= 15 is 0 Å². The van der Waals surface area contributed by atoms with Crippen molar-refractivity contribution in [1.29, 1.82) is 0 Å². The van der Waals surface area contributed by atoms with Gasteiger partial charge in [-0.05, 0) is 24.6 Å². The molecule has 2 rings (SSSR count). The van der Waals surface area contributed by atoms with Crippen LogP contribution in [0.4, 0.5) is 0 Å². The number of likely N-dealkylation sites (tertiary alicyclic amines) is 1. The molecule has 0 bridgehead atoms. The summed E-state index contributed by atoms with van der Waals surface area (Å²) < 4.78 is 27.5. The van der Waals surface area contributed by atoms with Gasteiger partial charge in [0, 0.05) is 29.6 Å². The summed E-state index contributed by atoms with van der Waals surface area (Å²) in [5, 5.41) is 0. The smallest absolute Gasteiger partial charge is 0.232 e. The molecule has 2 unspecified atom stereocenters. The van der Waals surface area contributed by atoms with Gasteiger partial charge < -0.3 is 9.64 Å². The van der Waals surface area contributed by atoms with E-state index in [1.807, 2.05) is 31.2 Å². The average Bonchev–Trinajstić information content (AvgIpc) is 2.76. The van der Waals surface area contributed by atoms with E-state index in [1.54, 1.807) is 12.0 Å². The van der Waals surface area contributed by atoms with E-state index in [2.05, 4.69) is 0 Å². The van der Waals surface area contributed by atoms with Crippen LogP contribution < -0.4 is 4.74 Å². The molecular formula is C14H18ClNO4S. The third kappa shape index (κ3) is 4.11. The monoisotopic (exact) mass is 331 g/mol. The standard InChI is InChI=1S/C14H18ClNO4S/c1-10(12-4-3-5-13(7-12)20-2)16-8-11(6-14(16)17)9-21(15,18)19/h3-5,7,10-11H,6,8-9H2,1-2H3. The lowest BCUT2D eigenvalue weighted by Crippen LogP contribution is -2.29. The third-order valence-corrected chi connectivity index (χ3v) is 4.96. The summed E-state index contributed by atoms with van der Waals surface area (Å²) in [6, 6.07) is 7.38. The van der Waals surface area contributed by atoms with Gasteiger partial charge in [0.25, 0.3) is 0 Å². The topological polar surface area (TPSA) is 63.7 Å². The predicted octanol–water partition coefficient (Wildman–Crippen LogP) is 2.17. The van der Waals surface area contributed by atoms with Crippen molar-refractivity contribution in [1.82, 2.24) is 4.90 Å². The minimum absolute atomic E-state index is 0.0457. The number of amides is 1. The van der Waals surface area contributed by atoms with Gasteiger partial charge in [-0.1, -0.05) is 12.1 Å². The number of carbonyl (C=O) groups excluding carboxylic acids is 1. The molecule has 0 radical (unpaired) electrons. The van der Waals surface area contributed by atoms with Gasteiger partial charge in [-0.3, -0.25) is 4.79 Å². The van der Waals surface area contributed by atoms with Gasteiger partial charge in [0.05, 0.1) is 18.9 Å². The molecule has 0 N–H and O–H groups in total. The van der Waals surface area contributed by atoms with Crippen molar-refractivity contribution in [3.8, 4) is 5.75 Å². The number of halogens is 1. The van der Waals surface area contributed by atoms with Crippen molar-refractivity contribution in [2.45, 2.75) is 19.4 Å². The highest BCUT2D eigenvalue weighted by molar-refractivity contribution is 8.13. The minimum Gasteiger partial charge on any atom is -0.497 e. The van der Waals surface area contributed by atoms with Crippen molar-refractivity contribution in [2.75, 3.05) is 19.4 Å². The summed E-state index contributed by atoms with van der Waals surface area (Å²) in [5.74, 6) is 0.274. The Morgan fingerprint density at radius 3 is 2.81 bits per heavy atom. The average molecular weight is 332 g/mol. The number of hydrogen-bond donors (Lipinski definition) is 0. The molecule has 0 spiro atoms. The molecule has 0 aromatic heterocycles. The van der Waals surface area contributed by atoms with Crippen molar-refractivity contribution in [3.63, 3.8) is 0 Å². The molecule has 1 aromatic carbocycles. The Hall–Kier alpha value is -1.27. The molecule has 0 saturated carbocycles. The first-order chi connectivity index (χ1) is 9.80. The highest BCUT2D eigenvalue weighted by Crippen LogP contribution is 2.30. The molecule has 1 fully saturated rings. The van der Waals surface area contributed by atoms with Crippen LogP contribution in [0.3, 0.4) is 0 Å². The molecular weight excluding hydrogens is 314 g/mol. The van der Waals surface area contributed by atoms with E-state index in [9.17, 15) is 13.2 Å². The van der Waals surface area contributed by atoms with Gasteiger partial charge in [-0.2, -0.15) is 0 Å². The molecule has 0 aliphatic carbocycles. The fourth-order valence-electron chi connectivity index (χ4n) is 2.66. The number of nitrogens with zero attached hydrogens (tertiary/aromatic N) is 1. The zero-order valence-electron chi connectivity index (χ0n) is 12.0. The summed E-state index contributed by atoms with van der Waals surface area (Å²) in [4.78, 5) is 13.8. The predicted molar refractivity (Wildman–Crippen MR) is 80.9 cm³/mol. The van der Waals surface area contributed by atoms with E-state index in [0.29, 0.717) is 6.54 Å². The fourth-order valence-corrected chi connectivity index (χ4v) is 3.98. The van der Waals surface area contributed by atoms with E-state index in [0.717, 1.165) is 11.3 Å². The molecule has 21 heavy (non-hydrogen) atoms. The van der Waals surface area contributed by atoms with E-state index in [1.165, 1.54) is 0 Å². The maximum atomic E-state index is 12.1. The first kappa shape index (κ1) is 16.1. The normalized spacial score (nSPS) is 20.6. The molecule has 2 atom stereocenters. The lowest BCUT2D eigenvalue weighted by atomic mass is 10.1. The Morgan fingerprint density at radius 1 is 1.48 bits per heavy atom. The zero-order valence-corrected chi connectivity index (χ0v) is 13.5. The Kier molecular flexibility index (Phi) is 4.78. The van der Waals surface area contributed by atoms with Crippen LogP contribution in [-0.4, -0.2) is 38.6 Å². The van der Waals surface area contributed by atoms with Crippen LogP contribution in [0.15, 0.2) is 24.3 Å². The summed E-state index contributed by atoms with van der Waals surface area (Å²) in [6.45, 7) is 2.33. The van der Waals surface area contributed by atoms with Crippen LogP contribution in [0.2, 0.25) is 0 Å². The third-order valence-electron chi connectivity index (χ3n) is 3.72. The van der Waals surface area contributed by atoms with E-state index in [-0.39, 0.29) is 30.0 Å². The summed E-state index contributed by atoms with van der Waals surface area (Å²) >= 11 is 0. The van der Waals surface area contributed by atoms with Crippen LogP contribution in [0.5, 0.6) is 5.75 Å². The first-order valence-corrected chi connectivity index (χ1v) is 9.13. The molecule has 1 aliphatic heterocycles. The number of ether oxygens (including phenoxy) is 1. The molecule has 1 saturated heterocycles. The van der Waals surface area contributed by atoms with Crippen LogP contribution in [0, 0.1) is 5.92 Å². The summed E-state index contributed by atoms with van der Waals surface area (Å²) in [5.41, 5.74) is 0.956. The first-order valence-electron chi connectivity index (χ1n) is 6.66. The van der Waals surface area contributed by atoms with Gasteiger partial charge in [0.2, 0.25) is 15.0 Å². The Bertz CT molecular complexity index is 632. The van der Waals surface area contributed by atoms with Crippen molar-refractivity contribution in [3.05, 3.63) is 29.8 Å². The second-order valence-corrected chi connectivity index (χ2v) is 8.10. The maximum absolute atomic E-state index is 12.1. The van der Waals surface area contributed by atoms with Crippen LogP contribution >= 0.6 is 10.7 Å². The molecule has 1 heterocycles. The van der Waals surface area contributed by atoms with Crippen LogP contribution in [0.25, 0.3) is 0 Å². The van der Waals surface area contributed by atoms with Crippen LogP contribution in [0.1, 0.15) is 24.9 Å². The largest absolute Gasteiger partial charge is 0.497 e. The maximum Gasteiger partial charge on any atom is 0.232 e. The number of methoxy groups -OCH3 is 1. The SMILES string of the molecule is COc1cccc(C(C)N2CC(CS(=O)(=O)Cl)CC2=O)c1. The van der Waals surface area contributed by atoms with Gasteiger partial charge in [0.1, 0.15) is 5.75 Å². The summed E-state index contributed by atoms with van der Waals surface area (Å²) in [6.07, 6.45) is 0.222. The van der Waals surface area contributed by atoms with Gasteiger partial charge in [0.15, 0.2) is 0 Å². The fraction of sp³-hybridized carbons (Fsp3) is 0.500. The molecule has 1 aliphatic rings. The minimum atomic E-state index is -3.58. The number of carbonyl (C=O) groups is 1. The Morgan fingerprint density at radius 2 is 2.19 bits per heavy atom. The number of rotatable bonds is 5. The van der Waals surface area contributed by atoms with Gasteiger partial charge >= 0.3 is 0 Å². The molecule has 116 valence electrons. The van der Waals surface area contributed by atoms with Gasteiger partial charge in [-0.25, -0.2) is 8.42 Å². The Labute approximate surface area is 129 Å². The Balaban J connectivity index is 2.12. The lowest BCUT2D eigenvalue weighted by Gasteiger charge is -2.25. The number of benzene rings is 1. The molecule has 1 aromatic rings. The van der Waals surface area contributed by atoms with Gasteiger partial charge in [-0.15, -0.1) is 0 Å². The number of hydrogen-bond acceptors (Lipinski definition) is 4. The lowest BCUT2D eigenvalue weighted by molar-refractivity contribution is -0.129. The molecule has 1 amide bonds.